The highest BCUT2D eigenvalue weighted by molar-refractivity contribution is 5.84. The third-order valence-electron chi connectivity index (χ3n) is 5.10. The topological polar surface area (TPSA) is 74.3 Å². The monoisotopic (exact) mass is 400 g/mol. The number of carboxylic acid groups (broad SMARTS) is 1. The SMILES string of the molecule is O=C(O)C(Cc1c[nH]c2ccccc12)NCc1cccc(OCc2ccccc2)c1. The van der Waals surface area contributed by atoms with E-state index in [1.54, 1.807) is 0 Å². The van der Waals surface area contributed by atoms with Crippen LogP contribution in [0.25, 0.3) is 10.9 Å². The molecule has 3 aromatic carbocycles. The molecule has 5 nitrogen and oxygen atoms in total. The van der Waals surface area contributed by atoms with E-state index in [2.05, 4.69) is 10.3 Å². The minimum absolute atomic E-state index is 0.406. The van der Waals surface area contributed by atoms with Crippen LogP contribution in [0.15, 0.2) is 85.1 Å². The molecule has 0 aliphatic rings. The fourth-order valence-electron chi connectivity index (χ4n) is 3.49. The lowest BCUT2D eigenvalue weighted by Gasteiger charge is -2.15. The first-order valence-corrected chi connectivity index (χ1v) is 9.96. The minimum atomic E-state index is -0.864. The van der Waals surface area contributed by atoms with Crippen molar-refractivity contribution in [1.82, 2.24) is 10.3 Å². The second-order valence-corrected chi connectivity index (χ2v) is 7.26. The Morgan fingerprint density at radius 2 is 1.73 bits per heavy atom. The highest BCUT2D eigenvalue weighted by Crippen LogP contribution is 2.20. The zero-order valence-electron chi connectivity index (χ0n) is 16.5. The van der Waals surface area contributed by atoms with E-state index < -0.39 is 12.0 Å². The summed E-state index contributed by atoms with van der Waals surface area (Å²) in [5.41, 5.74) is 4.08. The Balaban J connectivity index is 1.38. The van der Waals surface area contributed by atoms with Crippen LogP contribution >= 0.6 is 0 Å². The van der Waals surface area contributed by atoms with Crippen molar-refractivity contribution in [3.63, 3.8) is 0 Å². The maximum absolute atomic E-state index is 11.8. The van der Waals surface area contributed by atoms with Gasteiger partial charge in [0, 0.05) is 30.1 Å². The maximum atomic E-state index is 11.8. The number of H-pyrrole nitrogens is 1. The van der Waals surface area contributed by atoms with Gasteiger partial charge in [0.1, 0.15) is 18.4 Å². The van der Waals surface area contributed by atoms with Gasteiger partial charge in [0.25, 0.3) is 0 Å². The molecule has 1 atom stereocenters. The van der Waals surface area contributed by atoms with Gasteiger partial charge in [-0.25, -0.2) is 0 Å². The quantitative estimate of drug-likeness (QED) is 0.386. The molecular formula is C25H24N2O3. The largest absolute Gasteiger partial charge is 0.489 e. The molecule has 1 heterocycles. The molecule has 0 saturated carbocycles. The number of hydrogen-bond acceptors (Lipinski definition) is 3. The number of ether oxygens (including phenoxy) is 1. The predicted molar refractivity (Wildman–Crippen MR) is 117 cm³/mol. The number of hydrogen-bond donors (Lipinski definition) is 3. The van der Waals surface area contributed by atoms with E-state index in [0.717, 1.165) is 33.3 Å². The average molecular weight is 400 g/mol. The molecule has 152 valence electrons. The Kier molecular flexibility index (Phi) is 6.11. The number of aliphatic carboxylic acids is 1. The van der Waals surface area contributed by atoms with Gasteiger partial charge in [-0.15, -0.1) is 0 Å². The molecule has 0 aliphatic carbocycles. The summed E-state index contributed by atoms with van der Waals surface area (Å²) < 4.78 is 5.87. The van der Waals surface area contributed by atoms with Gasteiger partial charge in [-0.1, -0.05) is 60.7 Å². The third kappa shape index (κ3) is 4.88. The van der Waals surface area contributed by atoms with Crippen LogP contribution in [0.5, 0.6) is 5.75 Å². The lowest BCUT2D eigenvalue weighted by atomic mass is 10.0. The van der Waals surface area contributed by atoms with Gasteiger partial charge in [-0.2, -0.15) is 0 Å². The minimum Gasteiger partial charge on any atom is -0.489 e. The van der Waals surface area contributed by atoms with E-state index in [9.17, 15) is 9.90 Å². The standard InChI is InChI=1S/C25H24N2O3/c28-25(29)24(14-20-16-27-23-12-5-4-11-22(20)23)26-15-19-9-6-10-21(13-19)30-17-18-7-2-1-3-8-18/h1-13,16,24,26-27H,14-15,17H2,(H,28,29). The number of para-hydroxylation sites is 1. The normalized spacial score (nSPS) is 12.0. The van der Waals surface area contributed by atoms with Crippen LogP contribution < -0.4 is 10.1 Å². The first-order chi connectivity index (χ1) is 14.7. The summed E-state index contributed by atoms with van der Waals surface area (Å²) in [7, 11) is 0. The van der Waals surface area contributed by atoms with E-state index >= 15 is 0 Å². The molecular weight excluding hydrogens is 376 g/mol. The summed E-state index contributed by atoms with van der Waals surface area (Å²) in [5.74, 6) is -0.0987. The molecule has 3 N–H and O–H groups in total. The van der Waals surface area contributed by atoms with E-state index in [4.69, 9.17) is 4.74 Å². The first kappa shape index (κ1) is 19.7. The zero-order valence-corrected chi connectivity index (χ0v) is 16.5. The number of benzene rings is 3. The molecule has 0 fully saturated rings. The summed E-state index contributed by atoms with van der Waals surface area (Å²) >= 11 is 0. The van der Waals surface area contributed by atoms with Crippen molar-refractivity contribution in [3.05, 3.63) is 102 Å². The average Bonchev–Trinajstić information content (AvgIpc) is 3.19. The van der Waals surface area contributed by atoms with Crippen molar-refractivity contribution in [1.29, 1.82) is 0 Å². The number of aromatic amines is 1. The number of carbonyl (C=O) groups is 1. The molecule has 0 amide bonds. The van der Waals surface area contributed by atoms with Crippen LogP contribution in [0.4, 0.5) is 0 Å². The van der Waals surface area contributed by atoms with Crippen LogP contribution in [-0.2, 0) is 24.4 Å². The lowest BCUT2D eigenvalue weighted by molar-refractivity contribution is -0.139. The zero-order chi connectivity index (χ0) is 20.8. The Morgan fingerprint density at radius 3 is 2.57 bits per heavy atom. The second-order valence-electron chi connectivity index (χ2n) is 7.26. The third-order valence-corrected chi connectivity index (χ3v) is 5.10. The summed E-state index contributed by atoms with van der Waals surface area (Å²) in [6.07, 6.45) is 2.30. The Hall–Kier alpha value is -3.57. The van der Waals surface area contributed by atoms with Crippen molar-refractivity contribution < 1.29 is 14.6 Å². The molecule has 5 heteroatoms. The van der Waals surface area contributed by atoms with Crippen molar-refractivity contribution in [2.24, 2.45) is 0 Å². The highest BCUT2D eigenvalue weighted by atomic mass is 16.5. The summed E-state index contributed by atoms with van der Waals surface area (Å²) in [4.78, 5) is 15.0. The molecule has 4 aromatic rings. The van der Waals surface area contributed by atoms with E-state index in [0.29, 0.717) is 19.6 Å². The number of fused-ring (bicyclic) bond motifs is 1. The van der Waals surface area contributed by atoms with Crippen LogP contribution in [-0.4, -0.2) is 22.1 Å². The van der Waals surface area contributed by atoms with Crippen molar-refractivity contribution in [2.75, 3.05) is 0 Å². The Labute approximate surface area is 175 Å². The Bertz CT molecular complexity index is 1120. The number of rotatable bonds is 9. The second kappa shape index (κ2) is 9.29. The van der Waals surface area contributed by atoms with Gasteiger partial charge < -0.3 is 20.1 Å². The van der Waals surface area contributed by atoms with Crippen molar-refractivity contribution in [3.8, 4) is 5.75 Å². The molecule has 30 heavy (non-hydrogen) atoms. The van der Waals surface area contributed by atoms with Gasteiger partial charge >= 0.3 is 5.97 Å². The van der Waals surface area contributed by atoms with Gasteiger partial charge in [-0.3, -0.25) is 4.79 Å². The van der Waals surface area contributed by atoms with Crippen molar-refractivity contribution >= 4 is 16.9 Å². The van der Waals surface area contributed by atoms with E-state index in [1.807, 2.05) is 85.1 Å². The number of nitrogens with one attached hydrogen (secondary N) is 2. The lowest BCUT2D eigenvalue weighted by Crippen LogP contribution is -2.38. The molecule has 0 aliphatic heterocycles. The van der Waals surface area contributed by atoms with Gasteiger partial charge in [0.05, 0.1) is 0 Å². The number of aromatic nitrogens is 1. The van der Waals surface area contributed by atoms with Crippen LogP contribution in [0.2, 0.25) is 0 Å². The van der Waals surface area contributed by atoms with E-state index in [1.165, 1.54) is 0 Å². The van der Waals surface area contributed by atoms with Crippen molar-refractivity contribution in [2.45, 2.75) is 25.6 Å². The molecule has 1 unspecified atom stereocenters. The van der Waals surface area contributed by atoms with Gasteiger partial charge in [0.15, 0.2) is 0 Å². The molecule has 0 bridgehead atoms. The van der Waals surface area contributed by atoms with Crippen LogP contribution in [0.1, 0.15) is 16.7 Å². The summed E-state index contributed by atoms with van der Waals surface area (Å²) in [6.45, 7) is 0.942. The fourth-order valence-corrected chi connectivity index (χ4v) is 3.49. The van der Waals surface area contributed by atoms with E-state index in [-0.39, 0.29) is 0 Å². The summed E-state index contributed by atoms with van der Waals surface area (Å²) in [5, 5.41) is 13.9. The van der Waals surface area contributed by atoms with Gasteiger partial charge in [-0.05, 0) is 34.9 Å². The molecule has 0 saturated heterocycles. The molecule has 0 spiro atoms. The number of carboxylic acids is 1. The van der Waals surface area contributed by atoms with Gasteiger partial charge in [0.2, 0.25) is 0 Å². The molecule has 4 rings (SSSR count). The van der Waals surface area contributed by atoms with Crippen LogP contribution in [0, 0.1) is 0 Å². The smallest absolute Gasteiger partial charge is 0.321 e. The fraction of sp³-hybridized carbons (Fsp3) is 0.160. The highest BCUT2D eigenvalue weighted by Gasteiger charge is 2.19. The van der Waals surface area contributed by atoms with Crippen LogP contribution in [0.3, 0.4) is 0 Å². The molecule has 1 aromatic heterocycles. The first-order valence-electron chi connectivity index (χ1n) is 9.96. The Morgan fingerprint density at radius 1 is 0.967 bits per heavy atom. The summed E-state index contributed by atoms with van der Waals surface area (Å²) in [6, 6.07) is 25.0. The maximum Gasteiger partial charge on any atom is 0.321 e. The molecule has 0 radical (unpaired) electrons. The predicted octanol–water partition coefficient (Wildman–Crippen LogP) is 4.53.